The number of benzene rings is 2. The van der Waals surface area contributed by atoms with Crippen molar-refractivity contribution in [3.05, 3.63) is 47.5 Å². The molecule has 0 saturated carbocycles. The Hall–Kier alpha value is -2.36. The second-order valence-electron chi connectivity index (χ2n) is 4.88. The average Bonchev–Trinajstić information content (AvgIpc) is 2.59. The molecule has 0 radical (unpaired) electrons. The minimum atomic E-state index is 0.748. The van der Waals surface area contributed by atoms with Crippen LogP contribution in [-0.4, -0.2) is 28.4 Å². The van der Waals surface area contributed by atoms with Crippen LogP contribution in [0.15, 0.2) is 36.4 Å². The summed E-state index contributed by atoms with van der Waals surface area (Å²) < 4.78 is 21.2. The third-order valence-electron chi connectivity index (χ3n) is 3.60. The molecule has 0 amide bonds. The zero-order valence-corrected chi connectivity index (χ0v) is 13.5. The molecule has 118 valence electrons. The van der Waals surface area contributed by atoms with Crippen LogP contribution >= 0.6 is 0 Å². The maximum absolute atomic E-state index is 5.33. The Balaban J connectivity index is 2.09. The highest BCUT2D eigenvalue weighted by Gasteiger charge is 2.07. The van der Waals surface area contributed by atoms with Gasteiger partial charge in [-0.05, 0) is 48.2 Å². The Morgan fingerprint density at radius 1 is 0.545 bits per heavy atom. The molecule has 0 spiro atoms. The Morgan fingerprint density at radius 3 is 1.23 bits per heavy atom. The highest BCUT2D eigenvalue weighted by atomic mass is 16.5. The van der Waals surface area contributed by atoms with E-state index in [1.165, 1.54) is 11.1 Å². The normalized spacial score (nSPS) is 10.2. The fraction of sp³-hybridized carbons (Fsp3) is 0.333. The van der Waals surface area contributed by atoms with Crippen LogP contribution in [-0.2, 0) is 12.8 Å². The SMILES string of the molecule is COc1ccc(CCc2ccc(OC)c(OC)c2)cc1OC. The fourth-order valence-electron chi connectivity index (χ4n) is 2.36. The van der Waals surface area contributed by atoms with Gasteiger partial charge in [0.25, 0.3) is 0 Å². The maximum atomic E-state index is 5.33. The first-order chi connectivity index (χ1) is 10.7. The van der Waals surface area contributed by atoms with Crippen LogP contribution in [0.1, 0.15) is 11.1 Å². The van der Waals surface area contributed by atoms with Gasteiger partial charge < -0.3 is 18.9 Å². The van der Waals surface area contributed by atoms with Gasteiger partial charge in [0.05, 0.1) is 28.4 Å². The van der Waals surface area contributed by atoms with Crippen LogP contribution in [0.5, 0.6) is 23.0 Å². The molecule has 4 nitrogen and oxygen atoms in total. The van der Waals surface area contributed by atoms with E-state index in [4.69, 9.17) is 18.9 Å². The molecule has 2 aromatic rings. The van der Waals surface area contributed by atoms with E-state index in [-0.39, 0.29) is 0 Å². The van der Waals surface area contributed by atoms with Crippen LogP contribution in [0.3, 0.4) is 0 Å². The van der Waals surface area contributed by atoms with Crippen molar-refractivity contribution in [2.24, 2.45) is 0 Å². The monoisotopic (exact) mass is 302 g/mol. The predicted molar refractivity (Wildman–Crippen MR) is 86.5 cm³/mol. The molecule has 0 aliphatic rings. The Morgan fingerprint density at radius 2 is 0.909 bits per heavy atom. The second kappa shape index (κ2) is 7.59. The van der Waals surface area contributed by atoms with Crippen LogP contribution in [0.4, 0.5) is 0 Å². The van der Waals surface area contributed by atoms with Crippen molar-refractivity contribution in [1.82, 2.24) is 0 Å². The lowest BCUT2D eigenvalue weighted by atomic mass is 10.0. The largest absolute Gasteiger partial charge is 0.493 e. The highest BCUT2D eigenvalue weighted by Crippen LogP contribution is 2.30. The summed E-state index contributed by atoms with van der Waals surface area (Å²) in [6.45, 7) is 0. The van der Waals surface area contributed by atoms with Gasteiger partial charge in [-0.15, -0.1) is 0 Å². The summed E-state index contributed by atoms with van der Waals surface area (Å²) >= 11 is 0. The van der Waals surface area contributed by atoms with Gasteiger partial charge in [0, 0.05) is 0 Å². The molecule has 0 aliphatic carbocycles. The molecular formula is C18H22O4. The first kappa shape index (κ1) is 16.0. The second-order valence-corrected chi connectivity index (χ2v) is 4.88. The molecule has 0 fully saturated rings. The summed E-state index contributed by atoms with van der Waals surface area (Å²) in [4.78, 5) is 0. The summed E-state index contributed by atoms with van der Waals surface area (Å²) in [7, 11) is 6.58. The Labute approximate surface area is 131 Å². The number of methoxy groups -OCH3 is 4. The first-order valence-corrected chi connectivity index (χ1v) is 7.13. The molecule has 22 heavy (non-hydrogen) atoms. The molecular weight excluding hydrogens is 280 g/mol. The number of rotatable bonds is 7. The lowest BCUT2D eigenvalue weighted by Gasteiger charge is -2.11. The Bertz CT molecular complexity index is 567. The van der Waals surface area contributed by atoms with Gasteiger partial charge in [-0.25, -0.2) is 0 Å². The van der Waals surface area contributed by atoms with Crippen molar-refractivity contribution in [2.45, 2.75) is 12.8 Å². The first-order valence-electron chi connectivity index (χ1n) is 7.13. The number of hydrogen-bond donors (Lipinski definition) is 0. The molecule has 0 aromatic heterocycles. The van der Waals surface area contributed by atoms with Crippen LogP contribution in [0.25, 0.3) is 0 Å². The standard InChI is InChI=1S/C18H22O4/c1-19-15-9-7-13(11-17(15)21-3)5-6-14-8-10-16(20-2)18(12-14)22-4/h7-12H,5-6H2,1-4H3. The van der Waals surface area contributed by atoms with Gasteiger partial charge in [-0.2, -0.15) is 0 Å². The van der Waals surface area contributed by atoms with E-state index in [0.29, 0.717) is 0 Å². The molecule has 0 heterocycles. The van der Waals surface area contributed by atoms with Crippen LogP contribution in [0.2, 0.25) is 0 Å². The van der Waals surface area contributed by atoms with Gasteiger partial charge in [-0.3, -0.25) is 0 Å². The lowest BCUT2D eigenvalue weighted by Crippen LogP contribution is -1.96. The van der Waals surface area contributed by atoms with Gasteiger partial charge in [0.1, 0.15) is 0 Å². The average molecular weight is 302 g/mol. The number of hydrogen-bond acceptors (Lipinski definition) is 4. The van der Waals surface area contributed by atoms with Crippen LogP contribution < -0.4 is 18.9 Å². The van der Waals surface area contributed by atoms with Crippen molar-refractivity contribution in [3.8, 4) is 23.0 Å². The summed E-state index contributed by atoms with van der Waals surface area (Å²) in [5.74, 6) is 3.01. The van der Waals surface area contributed by atoms with E-state index in [2.05, 4.69) is 12.1 Å². The molecule has 2 rings (SSSR count). The quantitative estimate of drug-likeness (QED) is 0.784. The maximum Gasteiger partial charge on any atom is 0.160 e. The van der Waals surface area contributed by atoms with Gasteiger partial charge in [0.2, 0.25) is 0 Å². The van der Waals surface area contributed by atoms with Crippen LogP contribution in [0, 0.1) is 0 Å². The van der Waals surface area contributed by atoms with E-state index in [1.54, 1.807) is 28.4 Å². The van der Waals surface area contributed by atoms with Crippen molar-refractivity contribution in [3.63, 3.8) is 0 Å². The summed E-state index contributed by atoms with van der Waals surface area (Å²) in [6, 6.07) is 12.0. The Kier molecular flexibility index (Phi) is 5.53. The van der Waals surface area contributed by atoms with E-state index >= 15 is 0 Å². The van der Waals surface area contributed by atoms with E-state index < -0.39 is 0 Å². The van der Waals surface area contributed by atoms with E-state index in [9.17, 15) is 0 Å². The van der Waals surface area contributed by atoms with Crippen molar-refractivity contribution in [2.75, 3.05) is 28.4 Å². The van der Waals surface area contributed by atoms with Gasteiger partial charge in [0.15, 0.2) is 23.0 Å². The summed E-state index contributed by atoms with van der Waals surface area (Å²) in [5, 5.41) is 0. The molecule has 0 atom stereocenters. The molecule has 0 unspecified atom stereocenters. The van der Waals surface area contributed by atoms with E-state index in [1.807, 2.05) is 24.3 Å². The smallest absolute Gasteiger partial charge is 0.160 e. The fourth-order valence-corrected chi connectivity index (χ4v) is 2.36. The molecule has 2 aromatic carbocycles. The minimum Gasteiger partial charge on any atom is -0.493 e. The third-order valence-corrected chi connectivity index (χ3v) is 3.60. The molecule has 0 aliphatic heterocycles. The van der Waals surface area contributed by atoms with Gasteiger partial charge >= 0.3 is 0 Å². The van der Waals surface area contributed by atoms with Gasteiger partial charge in [-0.1, -0.05) is 12.1 Å². The lowest BCUT2D eigenvalue weighted by molar-refractivity contribution is 0.354. The number of aryl methyl sites for hydroxylation is 2. The van der Waals surface area contributed by atoms with E-state index in [0.717, 1.165) is 35.8 Å². The van der Waals surface area contributed by atoms with Crippen molar-refractivity contribution >= 4 is 0 Å². The van der Waals surface area contributed by atoms with Crippen molar-refractivity contribution < 1.29 is 18.9 Å². The predicted octanol–water partition coefficient (Wildman–Crippen LogP) is 3.51. The zero-order chi connectivity index (χ0) is 15.9. The number of ether oxygens (including phenoxy) is 4. The molecule has 0 N–H and O–H groups in total. The third kappa shape index (κ3) is 3.64. The molecule has 4 heteroatoms. The molecule has 0 bridgehead atoms. The molecule has 0 saturated heterocycles. The summed E-state index contributed by atoms with van der Waals surface area (Å²) in [5.41, 5.74) is 2.40. The topological polar surface area (TPSA) is 36.9 Å². The zero-order valence-electron chi connectivity index (χ0n) is 13.5. The summed E-state index contributed by atoms with van der Waals surface area (Å²) in [6.07, 6.45) is 1.83. The highest BCUT2D eigenvalue weighted by molar-refractivity contribution is 5.44. The minimum absolute atomic E-state index is 0.748. The van der Waals surface area contributed by atoms with Crippen molar-refractivity contribution in [1.29, 1.82) is 0 Å².